The minimum Gasteiger partial charge on any atom is -0.386 e. The first-order chi connectivity index (χ1) is 9.13. The van der Waals surface area contributed by atoms with Gasteiger partial charge in [0.15, 0.2) is 5.03 Å². The molecule has 0 saturated heterocycles. The summed E-state index contributed by atoms with van der Waals surface area (Å²) in [5, 5.41) is 9.13. The molecule has 0 bridgehead atoms. The van der Waals surface area contributed by atoms with E-state index < -0.39 is 10.0 Å². The Kier molecular flexibility index (Phi) is 4.07. The zero-order valence-electron chi connectivity index (χ0n) is 10.3. The third-order valence-corrected chi connectivity index (χ3v) is 3.83. The summed E-state index contributed by atoms with van der Waals surface area (Å²) < 4.78 is 26.6. The van der Waals surface area contributed by atoms with Gasteiger partial charge in [0.2, 0.25) is 0 Å². The number of sulfonamides is 1. The van der Waals surface area contributed by atoms with Crippen molar-refractivity contribution in [3.8, 4) is 0 Å². The molecule has 0 atom stereocenters. The van der Waals surface area contributed by atoms with Gasteiger partial charge in [-0.25, -0.2) is 23.1 Å². The van der Waals surface area contributed by atoms with Gasteiger partial charge >= 0.3 is 0 Å². The van der Waals surface area contributed by atoms with E-state index >= 15 is 0 Å². The van der Waals surface area contributed by atoms with Gasteiger partial charge in [0.05, 0.1) is 5.69 Å². The molecule has 0 saturated carbocycles. The number of rotatable bonds is 6. The van der Waals surface area contributed by atoms with Crippen molar-refractivity contribution in [1.29, 1.82) is 0 Å². The van der Waals surface area contributed by atoms with Crippen molar-refractivity contribution in [3.05, 3.63) is 30.5 Å². The van der Waals surface area contributed by atoms with Crippen LogP contribution in [0, 0.1) is 0 Å². The highest BCUT2D eigenvalue weighted by molar-refractivity contribution is 7.89. The minimum atomic E-state index is -3.64. The van der Waals surface area contributed by atoms with Gasteiger partial charge in [-0.05, 0) is 12.1 Å². The number of pyridine rings is 1. The van der Waals surface area contributed by atoms with Crippen molar-refractivity contribution in [3.63, 3.8) is 0 Å². The molecule has 19 heavy (non-hydrogen) atoms. The molecular weight excluding hydrogens is 268 g/mol. The Labute approximate surface area is 110 Å². The molecule has 0 radical (unpaired) electrons. The van der Waals surface area contributed by atoms with E-state index in [-0.39, 0.29) is 11.6 Å². The maximum Gasteiger partial charge on any atom is 0.260 e. The Balaban J connectivity index is 2.05. The topological polar surface area (TPSA) is 113 Å². The molecule has 0 aromatic carbocycles. The van der Waals surface area contributed by atoms with E-state index in [2.05, 4.69) is 30.2 Å². The van der Waals surface area contributed by atoms with Gasteiger partial charge in [0.1, 0.15) is 12.2 Å². The predicted molar refractivity (Wildman–Crippen MR) is 69.1 cm³/mol. The van der Waals surface area contributed by atoms with Crippen molar-refractivity contribution < 1.29 is 8.42 Å². The Morgan fingerprint density at radius 3 is 2.89 bits per heavy atom. The number of nitrogens with zero attached hydrogens (tertiary/aromatic N) is 3. The molecule has 2 aromatic heterocycles. The third kappa shape index (κ3) is 3.26. The molecule has 2 aromatic rings. The molecule has 0 unspecified atom stereocenters. The highest BCUT2D eigenvalue weighted by atomic mass is 32.2. The minimum absolute atomic E-state index is 0.0185. The number of anilines is 1. The summed E-state index contributed by atoms with van der Waals surface area (Å²) in [6.07, 6.45) is 3.24. The summed E-state index contributed by atoms with van der Waals surface area (Å²) in [5.74, 6) is 0.623. The average Bonchev–Trinajstić information content (AvgIpc) is 2.91. The normalized spacial score (nSPS) is 11.4. The molecule has 0 amide bonds. The lowest BCUT2D eigenvalue weighted by Gasteiger charge is -2.09. The summed E-state index contributed by atoms with van der Waals surface area (Å²) in [5.41, 5.74) is 0.453. The quantitative estimate of drug-likeness (QED) is 0.674. The molecule has 0 spiro atoms. The van der Waals surface area contributed by atoms with Gasteiger partial charge in [-0.1, -0.05) is 0 Å². The van der Waals surface area contributed by atoms with Crippen LogP contribution in [-0.2, 0) is 16.4 Å². The number of aromatic amines is 1. The van der Waals surface area contributed by atoms with E-state index in [0.717, 1.165) is 0 Å². The van der Waals surface area contributed by atoms with Gasteiger partial charge in [-0.15, -0.1) is 0 Å². The number of H-pyrrole nitrogens is 1. The maximum atomic E-state index is 12.1. The average molecular weight is 282 g/mol. The van der Waals surface area contributed by atoms with Gasteiger partial charge in [0.25, 0.3) is 10.0 Å². The van der Waals surface area contributed by atoms with Crippen LogP contribution in [-0.4, -0.2) is 42.2 Å². The van der Waals surface area contributed by atoms with Gasteiger partial charge < -0.3 is 5.32 Å². The zero-order valence-corrected chi connectivity index (χ0v) is 11.1. The first-order valence-corrected chi connectivity index (χ1v) is 7.08. The second-order valence-electron chi connectivity index (χ2n) is 3.69. The van der Waals surface area contributed by atoms with Crippen molar-refractivity contribution in [2.24, 2.45) is 0 Å². The zero-order chi connectivity index (χ0) is 13.7. The van der Waals surface area contributed by atoms with Crippen LogP contribution in [0.25, 0.3) is 0 Å². The van der Waals surface area contributed by atoms with Crippen molar-refractivity contribution in [2.45, 2.75) is 11.4 Å². The van der Waals surface area contributed by atoms with Crippen LogP contribution in [0.3, 0.4) is 0 Å². The van der Waals surface area contributed by atoms with E-state index in [9.17, 15) is 8.42 Å². The number of aromatic nitrogens is 4. The first kappa shape index (κ1) is 13.4. The molecular formula is C10H14N6O2S. The highest BCUT2D eigenvalue weighted by Crippen LogP contribution is 2.16. The molecule has 3 N–H and O–H groups in total. The fraction of sp³-hybridized carbons (Fsp3) is 0.300. The summed E-state index contributed by atoms with van der Waals surface area (Å²) in [4.78, 5) is 7.80. The van der Waals surface area contributed by atoms with Crippen LogP contribution in [0.1, 0.15) is 5.82 Å². The number of hydrogen-bond donors (Lipinski definition) is 3. The monoisotopic (exact) mass is 282 g/mol. The number of nitrogens with one attached hydrogen (secondary N) is 3. The summed E-state index contributed by atoms with van der Waals surface area (Å²) >= 11 is 0. The number of hydrogen-bond acceptors (Lipinski definition) is 6. The lowest BCUT2D eigenvalue weighted by atomic mass is 10.4. The smallest absolute Gasteiger partial charge is 0.260 e. The van der Waals surface area contributed by atoms with E-state index in [1.807, 2.05) is 0 Å². The Morgan fingerprint density at radius 2 is 2.21 bits per heavy atom. The lowest BCUT2D eigenvalue weighted by molar-refractivity contribution is 0.577. The highest BCUT2D eigenvalue weighted by Gasteiger charge is 2.19. The van der Waals surface area contributed by atoms with Gasteiger partial charge in [-0.3, -0.25) is 5.10 Å². The van der Waals surface area contributed by atoms with Crippen molar-refractivity contribution >= 4 is 15.7 Å². The van der Waals surface area contributed by atoms with E-state index in [0.29, 0.717) is 17.9 Å². The third-order valence-electron chi connectivity index (χ3n) is 2.41. The van der Waals surface area contributed by atoms with E-state index in [4.69, 9.17) is 0 Å². The fourth-order valence-corrected chi connectivity index (χ4v) is 2.69. The van der Waals surface area contributed by atoms with Crippen LogP contribution in [0.4, 0.5) is 5.69 Å². The van der Waals surface area contributed by atoms with Crippen molar-refractivity contribution in [2.75, 3.05) is 18.9 Å². The van der Waals surface area contributed by atoms with E-state index in [1.165, 1.54) is 12.5 Å². The van der Waals surface area contributed by atoms with Crippen LogP contribution in [0.2, 0.25) is 0 Å². The molecule has 0 aliphatic heterocycles. The summed E-state index contributed by atoms with van der Waals surface area (Å²) in [6, 6.07) is 3.32. The Bertz CT molecular complexity index is 625. The van der Waals surface area contributed by atoms with E-state index in [1.54, 1.807) is 19.2 Å². The summed E-state index contributed by atoms with van der Waals surface area (Å²) in [7, 11) is -2.00. The largest absolute Gasteiger partial charge is 0.386 e. The second kappa shape index (κ2) is 5.76. The van der Waals surface area contributed by atoms with Crippen LogP contribution >= 0.6 is 0 Å². The molecule has 0 aliphatic rings. The fourth-order valence-electron chi connectivity index (χ4n) is 1.52. The lowest BCUT2D eigenvalue weighted by Crippen LogP contribution is -2.27. The predicted octanol–water partition coefficient (Wildman–Crippen LogP) is -0.238. The molecule has 0 aliphatic carbocycles. The molecule has 2 rings (SSSR count). The second-order valence-corrected chi connectivity index (χ2v) is 5.37. The van der Waals surface area contributed by atoms with Crippen LogP contribution in [0.5, 0.6) is 0 Å². The Morgan fingerprint density at radius 1 is 1.37 bits per heavy atom. The van der Waals surface area contributed by atoms with Gasteiger partial charge in [0, 0.05) is 26.2 Å². The maximum absolute atomic E-state index is 12.1. The van der Waals surface area contributed by atoms with Crippen LogP contribution in [0.15, 0.2) is 29.7 Å². The molecule has 2 heterocycles. The summed E-state index contributed by atoms with van der Waals surface area (Å²) in [6.45, 7) is 0.219. The molecule has 8 nitrogen and oxygen atoms in total. The van der Waals surface area contributed by atoms with Crippen molar-refractivity contribution in [1.82, 2.24) is 24.9 Å². The molecule has 102 valence electrons. The molecule has 9 heteroatoms. The van der Waals surface area contributed by atoms with Crippen LogP contribution < -0.4 is 10.0 Å². The standard InChI is InChI=1S/C10H14N6O2S/c1-11-8-3-2-5-12-10(8)19(17,18)15-6-4-9-13-7-14-16-9/h2-3,5,7,11,15H,4,6H2,1H3,(H,13,14,16). The first-order valence-electron chi connectivity index (χ1n) is 5.60. The SMILES string of the molecule is CNc1cccnc1S(=O)(=O)NCCc1ncn[nH]1. The van der Waals surface area contributed by atoms with Gasteiger partial charge in [-0.2, -0.15) is 5.10 Å². The Hall–Kier alpha value is -2.00. The molecule has 0 fully saturated rings.